The molecule has 102 valence electrons. The summed E-state index contributed by atoms with van der Waals surface area (Å²) in [5.74, 6) is 0.122. The molecule has 0 bridgehead atoms. The zero-order chi connectivity index (χ0) is 14.7. The maximum Gasteiger partial charge on any atom is 0.197 e. The standard InChI is InChI=1S/C16H13BrO3/c1-10(18)12-8-7-11(17)9-14(12)16(19)13-5-3-4-6-15(13)20-2/h3-9H,1-2H3. The molecule has 2 rings (SSSR count). The van der Waals surface area contributed by atoms with E-state index < -0.39 is 0 Å². The molecule has 0 N–H and O–H groups in total. The Morgan fingerprint density at radius 2 is 1.70 bits per heavy atom. The van der Waals surface area contributed by atoms with Gasteiger partial charge in [0.15, 0.2) is 11.6 Å². The van der Waals surface area contributed by atoms with Gasteiger partial charge in [-0.2, -0.15) is 0 Å². The molecule has 20 heavy (non-hydrogen) atoms. The number of ketones is 2. The largest absolute Gasteiger partial charge is 0.496 e. The molecule has 4 heteroatoms. The SMILES string of the molecule is COc1ccccc1C(=O)c1cc(Br)ccc1C(C)=O. The third-order valence-electron chi connectivity index (χ3n) is 2.96. The molecular weight excluding hydrogens is 320 g/mol. The molecule has 0 saturated carbocycles. The average molecular weight is 333 g/mol. The number of halogens is 1. The third kappa shape index (κ3) is 2.80. The van der Waals surface area contributed by atoms with Gasteiger partial charge in [-0.05, 0) is 37.3 Å². The molecule has 0 aliphatic rings. The summed E-state index contributed by atoms with van der Waals surface area (Å²) in [6, 6.07) is 12.0. The van der Waals surface area contributed by atoms with E-state index in [0.717, 1.165) is 4.47 Å². The fourth-order valence-electron chi connectivity index (χ4n) is 1.99. The molecule has 0 aromatic heterocycles. The van der Waals surface area contributed by atoms with E-state index in [4.69, 9.17) is 4.74 Å². The normalized spacial score (nSPS) is 10.2. The van der Waals surface area contributed by atoms with Gasteiger partial charge in [-0.1, -0.05) is 28.1 Å². The van der Waals surface area contributed by atoms with E-state index in [1.807, 2.05) is 0 Å². The Morgan fingerprint density at radius 1 is 1.00 bits per heavy atom. The third-order valence-corrected chi connectivity index (χ3v) is 3.45. The second kappa shape index (κ2) is 6.01. The molecule has 0 unspecified atom stereocenters. The first-order valence-electron chi connectivity index (χ1n) is 6.02. The van der Waals surface area contributed by atoms with Crippen LogP contribution in [0.2, 0.25) is 0 Å². The topological polar surface area (TPSA) is 43.4 Å². The van der Waals surface area contributed by atoms with Crippen molar-refractivity contribution < 1.29 is 14.3 Å². The number of para-hydroxylation sites is 1. The lowest BCUT2D eigenvalue weighted by molar-refractivity contribution is 0.0989. The maximum atomic E-state index is 12.7. The van der Waals surface area contributed by atoms with E-state index in [1.165, 1.54) is 14.0 Å². The zero-order valence-corrected chi connectivity index (χ0v) is 12.7. The lowest BCUT2D eigenvalue weighted by Crippen LogP contribution is -2.09. The van der Waals surface area contributed by atoms with Gasteiger partial charge in [-0.15, -0.1) is 0 Å². The molecule has 0 spiro atoms. The van der Waals surface area contributed by atoms with Crippen LogP contribution in [0, 0.1) is 0 Å². The number of hydrogen-bond donors (Lipinski definition) is 0. The quantitative estimate of drug-likeness (QED) is 0.797. The van der Waals surface area contributed by atoms with Crippen molar-refractivity contribution in [3.05, 3.63) is 63.6 Å². The summed E-state index contributed by atoms with van der Waals surface area (Å²) in [5, 5.41) is 0. The predicted molar refractivity (Wildman–Crippen MR) is 80.6 cm³/mol. The highest BCUT2D eigenvalue weighted by atomic mass is 79.9. The molecule has 0 aliphatic heterocycles. The van der Waals surface area contributed by atoms with E-state index >= 15 is 0 Å². The molecule has 0 fully saturated rings. The van der Waals surface area contributed by atoms with Crippen LogP contribution in [-0.4, -0.2) is 18.7 Å². The fraction of sp³-hybridized carbons (Fsp3) is 0.125. The highest BCUT2D eigenvalue weighted by Crippen LogP contribution is 2.25. The van der Waals surface area contributed by atoms with Crippen LogP contribution in [0.25, 0.3) is 0 Å². The Balaban J connectivity index is 2.59. The second-order valence-corrected chi connectivity index (χ2v) is 5.19. The Hall–Kier alpha value is -1.94. The van der Waals surface area contributed by atoms with E-state index in [-0.39, 0.29) is 11.6 Å². The number of carbonyl (C=O) groups excluding carboxylic acids is 2. The van der Waals surface area contributed by atoms with Crippen molar-refractivity contribution >= 4 is 27.5 Å². The van der Waals surface area contributed by atoms with E-state index in [1.54, 1.807) is 42.5 Å². The van der Waals surface area contributed by atoms with Gasteiger partial charge in [0.2, 0.25) is 0 Å². The molecule has 0 atom stereocenters. The van der Waals surface area contributed by atoms with Crippen LogP contribution in [0.3, 0.4) is 0 Å². The van der Waals surface area contributed by atoms with Crippen LogP contribution >= 0.6 is 15.9 Å². The van der Waals surface area contributed by atoms with Gasteiger partial charge in [0, 0.05) is 15.6 Å². The number of hydrogen-bond acceptors (Lipinski definition) is 3. The first-order chi connectivity index (χ1) is 9.54. The van der Waals surface area contributed by atoms with Crippen molar-refractivity contribution in [2.75, 3.05) is 7.11 Å². The van der Waals surface area contributed by atoms with Gasteiger partial charge in [0.25, 0.3) is 0 Å². The van der Waals surface area contributed by atoms with Crippen LogP contribution in [0.15, 0.2) is 46.9 Å². The first-order valence-corrected chi connectivity index (χ1v) is 6.82. The van der Waals surface area contributed by atoms with Crippen LogP contribution in [0.1, 0.15) is 33.2 Å². The van der Waals surface area contributed by atoms with Gasteiger partial charge in [-0.25, -0.2) is 0 Å². The van der Waals surface area contributed by atoms with Crippen molar-refractivity contribution in [3.63, 3.8) is 0 Å². The number of carbonyl (C=O) groups is 2. The summed E-state index contributed by atoms with van der Waals surface area (Å²) in [4.78, 5) is 24.3. The molecule has 0 saturated heterocycles. The zero-order valence-electron chi connectivity index (χ0n) is 11.1. The molecule has 2 aromatic carbocycles. The monoisotopic (exact) mass is 332 g/mol. The van der Waals surface area contributed by atoms with Crippen molar-refractivity contribution in [1.29, 1.82) is 0 Å². The Bertz CT molecular complexity index is 677. The molecule has 0 radical (unpaired) electrons. The second-order valence-electron chi connectivity index (χ2n) is 4.28. The van der Waals surface area contributed by atoms with Gasteiger partial charge in [0.1, 0.15) is 5.75 Å². The summed E-state index contributed by atoms with van der Waals surface area (Å²) in [5.41, 5.74) is 1.22. The molecular formula is C16H13BrO3. The number of ether oxygens (including phenoxy) is 1. The van der Waals surface area contributed by atoms with Gasteiger partial charge < -0.3 is 4.74 Å². The highest BCUT2D eigenvalue weighted by Gasteiger charge is 2.19. The smallest absolute Gasteiger partial charge is 0.197 e. The van der Waals surface area contributed by atoms with Crippen molar-refractivity contribution in [2.24, 2.45) is 0 Å². The van der Waals surface area contributed by atoms with Crippen LogP contribution in [-0.2, 0) is 0 Å². The minimum Gasteiger partial charge on any atom is -0.496 e. The minimum absolute atomic E-state index is 0.143. The van der Waals surface area contributed by atoms with Gasteiger partial charge in [0.05, 0.1) is 12.7 Å². The van der Waals surface area contributed by atoms with Crippen molar-refractivity contribution in [3.8, 4) is 5.75 Å². The number of methoxy groups -OCH3 is 1. The van der Waals surface area contributed by atoms with E-state index in [2.05, 4.69) is 15.9 Å². The van der Waals surface area contributed by atoms with Crippen molar-refractivity contribution in [2.45, 2.75) is 6.92 Å². The average Bonchev–Trinajstić information content (AvgIpc) is 2.46. The summed E-state index contributed by atoms with van der Waals surface area (Å²) >= 11 is 3.33. The fourth-order valence-corrected chi connectivity index (χ4v) is 2.35. The van der Waals surface area contributed by atoms with Crippen LogP contribution < -0.4 is 4.74 Å². The molecule has 0 heterocycles. The molecule has 3 nitrogen and oxygen atoms in total. The Labute approximate surface area is 125 Å². The highest BCUT2D eigenvalue weighted by molar-refractivity contribution is 9.10. The summed E-state index contributed by atoms with van der Waals surface area (Å²) < 4.78 is 5.95. The van der Waals surface area contributed by atoms with E-state index in [9.17, 15) is 9.59 Å². The van der Waals surface area contributed by atoms with Crippen LogP contribution in [0.5, 0.6) is 5.75 Å². The first kappa shape index (κ1) is 14.5. The number of Topliss-reactive ketones (excluding diaryl/α,β-unsaturated/α-hetero) is 1. The maximum absolute atomic E-state index is 12.7. The van der Waals surface area contributed by atoms with E-state index in [0.29, 0.717) is 22.4 Å². The minimum atomic E-state index is -0.228. The van der Waals surface area contributed by atoms with Crippen molar-refractivity contribution in [1.82, 2.24) is 0 Å². The predicted octanol–water partition coefficient (Wildman–Crippen LogP) is 3.89. The molecule has 0 aliphatic carbocycles. The lowest BCUT2D eigenvalue weighted by Gasteiger charge is -2.10. The number of benzene rings is 2. The van der Waals surface area contributed by atoms with Crippen LogP contribution in [0.4, 0.5) is 0 Å². The summed E-state index contributed by atoms with van der Waals surface area (Å²) in [6.45, 7) is 1.45. The van der Waals surface area contributed by atoms with Gasteiger partial charge >= 0.3 is 0 Å². The number of rotatable bonds is 4. The van der Waals surface area contributed by atoms with Gasteiger partial charge in [-0.3, -0.25) is 9.59 Å². The lowest BCUT2D eigenvalue weighted by atomic mass is 9.96. The molecule has 0 amide bonds. The Morgan fingerprint density at radius 3 is 2.35 bits per heavy atom. The Kier molecular flexibility index (Phi) is 4.35. The summed E-state index contributed by atoms with van der Waals surface area (Å²) in [6.07, 6.45) is 0. The molecule has 2 aromatic rings. The summed E-state index contributed by atoms with van der Waals surface area (Å²) in [7, 11) is 1.51.